The second-order valence-corrected chi connectivity index (χ2v) is 5.81. The van der Waals surface area contributed by atoms with Crippen LogP contribution in [-0.4, -0.2) is 26.2 Å². The zero-order valence-corrected chi connectivity index (χ0v) is 12.3. The molecule has 0 aliphatic carbocycles. The lowest BCUT2D eigenvalue weighted by Crippen LogP contribution is -2.27. The van der Waals surface area contributed by atoms with Gasteiger partial charge in [0, 0.05) is 30.6 Å². The van der Waals surface area contributed by atoms with Crippen LogP contribution >= 0.6 is 11.8 Å². The summed E-state index contributed by atoms with van der Waals surface area (Å²) < 4.78 is 1.59. The van der Waals surface area contributed by atoms with Gasteiger partial charge in [0.25, 0.3) is 5.56 Å². The summed E-state index contributed by atoms with van der Waals surface area (Å²) in [5.41, 5.74) is 0.794. The third kappa shape index (κ3) is 2.82. The van der Waals surface area contributed by atoms with Crippen molar-refractivity contribution in [3.63, 3.8) is 0 Å². The highest BCUT2D eigenvalue weighted by Crippen LogP contribution is 2.31. The number of aryl methyl sites for hydroxylation is 1. The predicted octanol–water partition coefficient (Wildman–Crippen LogP) is 1.62. The van der Waals surface area contributed by atoms with E-state index in [0.29, 0.717) is 16.7 Å². The molecule has 0 fully saturated rings. The minimum absolute atomic E-state index is 0.114. The predicted molar refractivity (Wildman–Crippen MR) is 80.5 cm³/mol. The Bertz CT molecular complexity index is 744. The Morgan fingerprint density at radius 3 is 3.10 bits per heavy atom. The molecule has 1 amide bonds. The summed E-state index contributed by atoms with van der Waals surface area (Å²) in [6, 6.07) is 4.97. The summed E-state index contributed by atoms with van der Waals surface area (Å²) in [5, 5.41) is 3.47. The van der Waals surface area contributed by atoms with Gasteiger partial charge in [0.05, 0.1) is 6.04 Å². The van der Waals surface area contributed by atoms with Gasteiger partial charge in [0.15, 0.2) is 5.16 Å². The monoisotopic (exact) mass is 302 g/mol. The highest BCUT2D eigenvalue weighted by molar-refractivity contribution is 7.99. The lowest BCUT2D eigenvalue weighted by atomic mass is 10.2. The normalized spacial score (nSPS) is 16.5. The molecule has 7 heteroatoms. The molecule has 2 aromatic heterocycles. The first-order chi connectivity index (χ1) is 10.1. The van der Waals surface area contributed by atoms with Crippen LogP contribution in [0.15, 0.2) is 40.5 Å². The number of carbonyl (C=O) groups is 1. The first-order valence-electron chi connectivity index (χ1n) is 6.57. The third-order valence-corrected chi connectivity index (χ3v) is 4.42. The number of pyridine rings is 1. The van der Waals surface area contributed by atoms with Gasteiger partial charge >= 0.3 is 0 Å². The smallest absolute Gasteiger partial charge is 0.254 e. The highest BCUT2D eigenvalue weighted by Gasteiger charge is 2.26. The molecule has 1 atom stereocenters. The number of hydrogen-bond acceptors (Lipinski definition) is 5. The summed E-state index contributed by atoms with van der Waals surface area (Å²) in [4.78, 5) is 32.3. The van der Waals surface area contributed by atoms with Gasteiger partial charge in [-0.05, 0) is 18.6 Å². The number of rotatable bonds is 3. The van der Waals surface area contributed by atoms with E-state index in [4.69, 9.17) is 0 Å². The van der Waals surface area contributed by atoms with Crippen molar-refractivity contribution >= 4 is 23.5 Å². The zero-order chi connectivity index (χ0) is 14.8. The number of fused-ring (bicyclic) bond motifs is 1. The van der Waals surface area contributed by atoms with Gasteiger partial charge in [-0.3, -0.25) is 14.2 Å². The van der Waals surface area contributed by atoms with Gasteiger partial charge in [0.1, 0.15) is 5.82 Å². The molecule has 0 aromatic carbocycles. The molecule has 0 spiro atoms. The van der Waals surface area contributed by atoms with Crippen molar-refractivity contribution < 1.29 is 4.79 Å². The van der Waals surface area contributed by atoms with Gasteiger partial charge in [-0.2, -0.15) is 0 Å². The molecule has 1 unspecified atom stereocenters. The molecule has 21 heavy (non-hydrogen) atoms. The number of anilines is 1. The second-order valence-electron chi connectivity index (χ2n) is 4.82. The van der Waals surface area contributed by atoms with Crippen LogP contribution in [0.1, 0.15) is 18.0 Å². The van der Waals surface area contributed by atoms with Gasteiger partial charge in [0.2, 0.25) is 5.91 Å². The minimum atomic E-state index is -0.157. The summed E-state index contributed by atoms with van der Waals surface area (Å²) >= 11 is 1.50. The third-order valence-electron chi connectivity index (χ3n) is 3.30. The highest BCUT2D eigenvalue weighted by atomic mass is 32.2. The van der Waals surface area contributed by atoms with E-state index in [0.717, 1.165) is 5.56 Å². The van der Waals surface area contributed by atoms with Gasteiger partial charge < -0.3 is 5.32 Å². The standard InChI is InChI=1S/C14H14N4O2S/c1-9-3-2-5-15-13(9)17-11(19)7-10-8-21-14-16-6-4-12(20)18(10)14/h2-6,10H,7-8H2,1H3,(H,15,17,19). The molecule has 108 valence electrons. The van der Waals surface area contributed by atoms with E-state index in [2.05, 4.69) is 15.3 Å². The van der Waals surface area contributed by atoms with Crippen molar-refractivity contribution in [3.05, 3.63) is 46.5 Å². The van der Waals surface area contributed by atoms with E-state index in [1.807, 2.05) is 19.1 Å². The largest absolute Gasteiger partial charge is 0.310 e. The average molecular weight is 302 g/mol. The molecule has 0 radical (unpaired) electrons. The van der Waals surface area contributed by atoms with Crippen molar-refractivity contribution in [2.24, 2.45) is 0 Å². The summed E-state index contributed by atoms with van der Waals surface area (Å²) in [6.45, 7) is 1.89. The second kappa shape index (κ2) is 5.69. The fourth-order valence-corrected chi connectivity index (χ4v) is 3.38. The Morgan fingerprint density at radius 2 is 2.29 bits per heavy atom. The summed E-state index contributed by atoms with van der Waals surface area (Å²) in [5.74, 6) is 1.10. The van der Waals surface area contributed by atoms with E-state index in [1.54, 1.807) is 10.8 Å². The van der Waals surface area contributed by atoms with E-state index < -0.39 is 0 Å². The SMILES string of the molecule is Cc1cccnc1NC(=O)CC1CSc2nccc(=O)n21. The van der Waals surface area contributed by atoms with Crippen LogP contribution in [0.2, 0.25) is 0 Å². The molecule has 1 aliphatic rings. The number of thioether (sulfide) groups is 1. The molecule has 1 aliphatic heterocycles. The van der Waals surface area contributed by atoms with Crippen LogP contribution in [0.25, 0.3) is 0 Å². The number of nitrogens with one attached hydrogen (secondary N) is 1. The van der Waals surface area contributed by atoms with Crippen LogP contribution in [0.4, 0.5) is 5.82 Å². The van der Waals surface area contributed by atoms with Gasteiger partial charge in [-0.25, -0.2) is 9.97 Å². The maximum atomic E-state index is 12.1. The topological polar surface area (TPSA) is 76.9 Å². The molecular weight excluding hydrogens is 288 g/mol. The molecule has 0 bridgehead atoms. The van der Waals surface area contributed by atoms with E-state index in [9.17, 15) is 9.59 Å². The molecule has 0 saturated carbocycles. The molecule has 6 nitrogen and oxygen atoms in total. The molecule has 3 rings (SSSR count). The lowest BCUT2D eigenvalue weighted by Gasteiger charge is -2.13. The maximum Gasteiger partial charge on any atom is 0.254 e. The molecule has 2 aromatic rings. The van der Waals surface area contributed by atoms with Crippen LogP contribution in [0.3, 0.4) is 0 Å². The fraction of sp³-hybridized carbons (Fsp3) is 0.286. The number of carbonyl (C=O) groups excluding carboxylic acids is 1. The zero-order valence-electron chi connectivity index (χ0n) is 11.4. The Hall–Kier alpha value is -2.15. The lowest BCUT2D eigenvalue weighted by molar-refractivity contribution is -0.116. The molecule has 0 saturated heterocycles. The Morgan fingerprint density at radius 1 is 1.43 bits per heavy atom. The van der Waals surface area contributed by atoms with Crippen LogP contribution in [0.5, 0.6) is 0 Å². The van der Waals surface area contributed by atoms with Gasteiger partial charge in [-0.15, -0.1) is 0 Å². The van der Waals surface area contributed by atoms with Crippen molar-refractivity contribution in [1.82, 2.24) is 14.5 Å². The Kier molecular flexibility index (Phi) is 3.74. The summed E-state index contributed by atoms with van der Waals surface area (Å²) in [7, 11) is 0. The number of hydrogen-bond donors (Lipinski definition) is 1. The Labute approximate surface area is 125 Å². The van der Waals surface area contributed by atoms with E-state index in [1.165, 1.54) is 24.0 Å². The van der Waals surface area contributed by atoms with Crippen molar-refractivity contribution in [2.45, 2.75) is 24.5 Å². The number of aromatic nitrogens is 3. The van der Waals surface area contributed by atoms with Crippen molar-refractivity contribution in [3.8, 4) is 0 Å². The average Bonchev–Trinajstić information content (AvgIpc) is 2.86. The molecular formula is C14H14N4O2S. The molecule has 3 heterocycles. The van der Waals surface area contributed by atoms with Crippen LogP contribution in [-0.2, 0) is 4.79 Å². The first kappa shape index (κ1) is 13.8. The molecule has 1 N–H and O–H groups in total. The minimum Gasteiger partial charge on any atom is -0.310 e. The number of amides is 1. The first-order valence-corrected chi connectivity index (χ1v) is 7.55. The summed E-state index contributed by atoms with van der Waals surface area (Å²) in [6.07, 6.45) is 3.38. The maximum absolute atomic E-state index is 12.1. The number of nitrogens with zero attached hydrogens (tertiary/aromatic N) is 3. The van der Waals surface area contributed by atoms with Crippen molar-refractivity contribution in [2.75, 3.05) is 11.1 Å². The van der Waals surface area contributed by atoms with E-state index >= 15 is 0 Å². The van der Waals surface area contributed by atoms with Crippen molar-refractivity contribution in [1.29, 1.82) is 0 Å². The van der Waals surface area contributed by atoms with Gasteiger partial charge in [-0.1, -0.05) is 17.8 Å². The Balaban J connectivity index is 1.73. The van der Waals surface area contributed by atoms with Crippen LogP contribution in [0, 0.1) is 6.92 Å². The van der Waals surface area contributed by atoms with E-state index in [-0.39, 0.29) is 23.9 Å². The fourth-order valence-electron chi connectivity index (χ4n) is 2.25. The van der Waals surface area contributed by atoms with Crippen LogP contribution < -0.4 is 10.9 Å². The quantitative estimate of drug-likeness (QED) is 0.872.